The lowest BCUT2D eigenvalue weighted by atomic mass is 10.2. The first kappa shape index (κ1) is 13.3. The van der Waals surface area contributed by atoms with Crippen molar-refractivity contribution in [3.8, 4) is 0 Å². The van der Waals surface area contributed by atoms with Crippen LogP contribution in [0.15, 0.2) is 41.5 Å². The van der Waals surface area contributed by atoms with Gasteiger partial charge in [0.25, 0.3) is 5.56 Å². The van der Waals surface area contributed by atoms with E-state index in [0.29, 0.717) is 5.69 Å². The fourth-order valence-electron chi connectivity index (χ4n) is 1.54. The van der Waals surface area contributed by atoms with E-state index < -0.39 is 5.56 Å². The molecule has 6 heteroatoms. The fourth-order valence-corrected chi connectivity index (χ4v) is 1.70. The third kappa shape index (κ3) is 3.42. The Morgan fingerprint density at radius 3 is 2.74 bits per heavy atom. The zero-order valence-corrected chi connectivity index (χ0v) is 11.0. The van der Waals surface area contributed by atoms with Crippen LogP contribution in [0.4, 0.5) is 5.69 Å². The van der Waals surface area contributed by atoms with Crippen molar-refractivity contribution in [2.24, 2.45) is 0 Å². The lowest BCUT2D eigenvalue weighted by Gasteiger charge is -2.07. The van der Waals surface area contributed by atoms with Gasteiger partial charge in [0.2, 0.25) is 5.91 Å². The normalized spacial score (nSPS) is 10.2. The summed E-state index contributed by atoms with van der Waals surface area (Å²) in [4.78, 5) is 27.0. The van der Waals surface area contributed by atoms with Gasteiger partial charge >= 0.3 is 0 Å². The predicted octanol–water partition coefficient (Wildman–Crippen LogP) is 1.84. The zero-order chi connectivity index (χ0) is 13.8. The first-order valence-electron chi connectivity index (χ1n) is 5.64. The molecule has 0 bridgehead atoms. The van der Waals surface area contributed by atoms with Gasteiger partial charge in [0.05, 0.1) is 0 Å². The second kappa shape index (κ2) is 5.67. The monoisotopic (exact) mass is 277 g/mol. The minimum Gasteiger partial charge on any atom is -0.325 e. The molecule has 0 aliphatic rings. The van der Waals surface area contributed by atoms with E-state index in [0.717, 1.165) is 5.56 Å². The van der Waals surface area contributed by atoms with Crippen LogP contribution in [-0.4, -0.2) is 15.5 Å². The number of rotatable bonds is 3. The van der Waals surface area contributed by atoms with Crippen LogP contribution in [0.25, 0.3) is 0 Å². The van der Waals surface area contributed by atoms with Gasteiger partial charge in [-0.2, -0.15) is 0 Å². The van der Waals surface area contributed by atoms with Gasteiger partial charge in [-0.1, -0.05) is 29.3 Å². The number of halogens is 1. The first-order chi connectivity index (χ1) is 9.06. The molecular weight excluding hydrogens is 266 g/mol. The van der Waals surface area contributed by atoms with Crippen molar-refractivity contribution in [3.63, 3.8) is 0 Å². The molecule has 19 heavy (non-hydrogen) atoms. The number of hydrogen-bond acceptors (Lipinski definition) is 3. The van der Waals surface area contributed by atoms with Crippen molar-refractivity contribution in [3.05, 3.63) is 57.7 Å². The third-order valence-electron chi connectivity index (χ3n) is 2.52. The van der Waals surface area contributed by atoms with Crippen LogP contribution in [-0.2, 0) is 11.3 Å². The van der Waals surface area contributed by atoms with Crippen LogP contribution in [0, 0.1) is 6.92 Å². The molecule has 1 heterocycles. The Hall–Kier alpha value is -2.14. The minimum absolute atomic E-state index is 0.102. The van der Waals surface area contributed by atoms with Crippen molar-refractivity contribution in [1.29, 1.82) is 0 Å². The number of amides is 1. The molecule has 5 nitrogen and oxygen atoms in total. The molecule has 1 aromatic heterocycles. The summed E-state index contributed by atoms with van der Waals surface area (Å²) in [7, 11) is 0. The maximum Gasteiger partial charge on any atom is 0.288 e. The second-order valence-electron chi connectivity index (χ2n) is 4.07. The van der Waals surface area contributed by atoms with Crippen LogP contribution >= 0.6 is 11.6 Å². The minimum atomic E-state index is -0.483. The quantitative estimate of drug-likeness (QED) is 0.931. The van der Waals surface area contributed by atoms with E-state index in [1.165, 1.54) is 17.0 Å². The highest BCUT2D eigenvalue weighted by Crippen LogP contribution is 2.08. The molecule has 0 aliphatic heterocycles. The molecule has 1 N–H and O–H groups in total. The summed E-state index contributed by atoms with van der Waals surface area (Å²) in [5, 5.41) is 2.55. The van der Waals surface area contributed by atoms with E-state index in [2.05, 4.69) is 10.3 Å². The van der Waals surface area contributed by atoms with E-state index in [-0.39, 0.29) is 17.6 Å². The summed E-state index contributed by atoms with van der Waals surface area (Å²) in [5.74, 6) is -0.298. The molecule has 0 atom stereocenters. The van der Waals surface area contributed by atoms with Gasteiger partial charge in [-0.05, 0) is 19.1 Å². The fraction of sp³-hybridized carbons (Fsp3) is 0.154. The average Bonchev–Trinajstić information content (AvgIpc) is 2.38. The topological polar surface area (TPSA) is 64.0 Å². The summed E-state index contributed by atoms with van der Waals surface area (Å²) >= 11 is 5.60. The zero-order valence-electron chi connectivity index (χ0n) is 10.3. The molecule has 0 unspecified atom stereocenters. The Morgan fingerprint density at radius 2 is 2.05 bits per heavy atom. The number of nitrogens with one attached hydrogen (secondary N) is 1. The van der Waals surface area contributed by atoms with Crippen molar-refractivity contribution in [2.75, 3.05) is 5.32 Å². The maximum absolute atomic E-state index is 11.8. The lowest BCUT2D eigenvalue weighted by Crippen LogP contribution is -2.27. The number of hydrogen-bond donors (Lipinski definition) is 1. The summed E-state index contributed by atoms with van der Waals surface area (Å²) in [5.41, 5.74) is 1.31. The molecule has 0 aliphatic carbocycles. The molecule has 0 saturated heterocycles. The Labute approximate surface area is 114 Å². The smallest absolute Gasteiger partial charge is 0.288 e. The number of carbonyl (C=O) groups excluding carboxylic acids is 1. The summed E-state index contributed by atoms with van der Waals surface area (Å²) in [6.07, 6.45) is 2.80. The number of nitrogens with zero attached hydrogens (tertiary/aromatic N) is 2. The molecule has 0 saturated carbocycles. The molecule has 0 radical (unpaired) electrons. The van der Waals surface area contributed by atoms with Gasteiger partial charge in [0.1, 0.15) is 6.54 Å². The van der Waals surface area contributed by atoms with Crippen molar-refractivity contribution in [1.82, 2.24) is 9.55 Å². The van der Waals surface area contributed by atoms with Gasteiger partial charge in [0.15, 0.2) is 5.15 Å². The summed E-state index contributed by atoms with van der Waals surface area (Å²) in [6.45, 7) is 1.86. The molecular formula is C13H12ClN3O2. The van der Waals surface area contributed by atoms with E-state index >= 15 is 0 Å². The highest BCUT2D eigenvalue weighted by atomic mass is 35.5. The molecule has 98 valence electrons. The highest BCUT2D eigenvalue weighted by molar-refractivity contribution is 6.29. The molecule has 0 spiro atoms. The lowest BCUT2D eigenvalue weighted by molar-refractivity contribution is -0.116. The molecule has 0 fully saturated rings. The van der Waals surface area contributed by atoms with Gasteiger partial charge in [-0.25, -0.2) is 4.98 Å². The number of aryl methyl sites for hydroxylation is 1. The number of carbonyl (C=O) groups is 1. The van der Waals surface area contributed by atoms with Crippen molar-refractivity contribution < 1.29 is 4.79 Å². The van der Waals surface area contributed by atoms with E-state index in [1.807, 2.05) is 19.1 Å². The third-order valence-corrected chi connectivity index (χ3v) is 2.78. The molecule has 2 aromatic rings. The predicted molar refractivity (Wildman–Crippen MR) is 73.3 cm³/mol. The van der Waals surface area contributed by atoms with E-state index in [1.54, 1.807) is 12.1 Å². The summed E-state index contributed by atoms with van der Waals surface area (Å²) < 4.78 is 1.21. The number of anilines is 1. The maximum atomic E-state index is 11.8. The number of aromatic nitrogens is 2. The standard InChI is InChI=1S/C13H12ClN3O2/c1-9-2-4-10(5-3-9)16-11(18)8-17-7-6-15-12(14)13(17)19/h2-7H,8H2,1H3,(H,16,18). The Kier molecular flexibility index (Phi) is 3.97. The van der Waals surface area contributed by atoms with Crippen LogP contribution in [0.2, 0.25) is 5.15 Å². The molecule has 1 aromatic carbocycles. The van der Waals surface area contributed by atoms with Crippen molar-refractivity contribution >= 4 is 23.2 Å². The van der Waals surface area contributed by atoms with Gasteiger partial charge in [0, 0.05) is 18.1 Å². The molecule has 2 rings (SSSR count). The van der Waals surface area contributed by atoms with E-state index in [9.17, 15) is 9.59 Å². The van der Waals surface area contributed by atoms with Crippen LogP contribution in [0.5, 0.6) is 0 Å². The summed E-state index contributed by atoms with van der Waals surface area (Å²) in [6, 6.07) is 7.39. The average molecular weight is 278 g/mol. The Morgan fingerprint density at radius 1 is 1.37 bits per heavy atom. The SMILES string of the molecule is Cc1ccc(NC(=O)Cn2ccnc(Cl)c2=O)cc1. The van der Waals surface area contributed by atoms with Crippen LogP contribution < -0.4 is 10.9 Å². The number of benzene rings is 1. The second-order valence-corrected chi connectivity index (χ2v) is 4.42. The Bertz CT molecular complexity index is 650. The van der Waals surface area contributed by atoms with Gasteiger partial charge in [-0.3, -0.25) is 9.59 Å². The van der Waals surface area contributed by atoms with Crippen molar-refractivity contribution in [2.45, 2.75) is 13.5 Å². The highest BCUT2D eigenvalue weighted by Gasteiger charge is 2.07. The van der Waals surface area contributed by atoms with Crippen LogP contribution in [0.1, 0.15) is 5.56 Å². The molecule has 1 amide bonds. The van der Waals surface area contributed by atoms with E-state index in [4.69, 9.17) is 11.6 Å². The van der Waals surface area contributed by atoms with Gasteiger partial charge in [-0.15, -0.1) is 0 Å². The largest absolute Gasteiger partial charge is 0.325 e. The Balaban J connectivity index is 2.07. The van der Waals surface area contributed by atoms with Gasteiger partial charge < -0.3 is 9.88 Å². The van der Waals surface area contributed by atoms with Crippen LogP contribution in [0.3, 0.4) is 0 Å². The first-order valence-corrected chi connectivity index (χ1v) is 6.01.